The first-order valence-corrected chi connectivity index (χ1v) is 7.58. The van der Waals surface area contributed by atoms with Gasteiger partial charge in [-0.2, -0.15) is 0 Å². The van der Waals surface area contributed by atoms with Crippen LogP contribution in [-0.2, 0) is 22.6 Å². The van der Waals surface area contributed by atoms with Gasteiger partial charge in [0.25, 0.3) is 0 Å². The number of amides is 2. The molecule has 0 saturated heterocycles. The average molecular weight is 310 g/mol. The Morgan fingerprint density at radius 3 is 2.70 bits per heavy atom. The molecule has 2 aromatic carbocycles. The van der Waals surface area contributed by atoms with Gasteiger partial charge in [0.1, 0.15) is 12.6 Å². The van der Waals surface area contributed by atoms with Gasteiger partial charge in [0.2, 0.25) is 5.91 Å². The Morgan fingerprint density at radius 2 is 1.87 bits per heavy atom. The van der Waals surface area contributed by atoms with Crippen molar-refractivity contribution in [3.63, 3.8) is 0 Å². The molecular formula is C18H18N2O3. The first kappa shape index (κ1) is 15.1. The number of fused-ring (bicyclic) bond motifs is 1. The van der Waals surface area contributed by atoms with Crippen LogP contribution in [0.4, 0.5) is 10.5 Å². The first-order chi connectivity index (χ1) is 11.2. The van der Waals surface area contributed by atoms with E-state index >= 15 is 0 Å². The Hall–Kier alpha value is -2.82. The van der Waals surface area contributed by atoms with Crippen LogP contribution in [0.2, 0.25) is 0 Å². The zero-order valence-electron chi connectivity index (χ0n) is 12.6. The predicted molar refractivity (Wildman–Crippen MR) is 86.9 cm³/mol. The van der Waals surface area contributed by atoms with Crippen LogP contribution in [0.1, 0.15) is 17.5 Å². The maximum Gasteiger partial charge on any atom is 0.408 e. The lowest BCUT2D eigenvalue weighted by Crippen LogP contribution is -2.43. The van der Waals surface area contributed by atoms with E-state index in [0.29, 0.717) is 6.42 Å². The minimum absolute atomic E-state index is 0.182. The Bertz CT molecular complexity index is 700. The molecule has 0 bridgehead atoms. The minimum Gasteiger partial charge on any atom is -0.445 e. The van der Waals surface area contributed by atoms with Crippen LogP contribution in [-0.4, -0.2) is 18.0 Å². The van der Waals surface area contributed by atoms with Crippen LogP contribution in [0.25, 0.3) is 0 Å². The fourth-order valence-electron chi connectivity index (χ4n) is 2.56. The molecule has 2 N–H and O–H groups in total. The van der Waals surface area contributed by atoms with Gasteiger partial charge in [0, 0.05) is 5.69 Å². The smallest absolute Gasteiger partial charge is 0.408 e. The third-order valence-electron chi connectivity index (χ3n) is 3.80. The van der Waals surface area contributed by atoms with Crippen LogP contribution in [0.5, 0.6) is 0 Å². The third-order valence-corrected chi connectivity index (χ3v) is 3.80. The second-order valence-corrected chi connectivity index (χ2v) is 5.44. The normalized spacial score (nSPS) is 16.7. The van der Waals surface area contributed by atoms with E-state index in [9.17, 15) is 9.59 Å². The van der Waals surface area contributed by atoms with E-state index in [1.165, 1.54) is 0 Å². The molecular weight excluding hydrogens is 292 g/mol. The van der Waals surface area contributed by atoms with Crippen molar-refractivity contribution in [3.05, 3.63) is 65.7 Å². The predicted octanol–water partition coefficient (Wildman–Crippen LogP) is 2.87. The second kappa shape index (κ2) is 6.96. The molecule has 1 heterocycles. The number of hydrogen-bond acceptors (Lipinski definition) is 3. The van der Waals surface area contributed by atoms with Crippen LogP contribution < -0.4 is 10.6 Å². The van der Waals surface area contributed by atoms with Crippen molar-refractivity contribution in [2.45, 2.75) is 25.5 Å². The summed E-state index contributed by atoms with van der Waals surface area (Å²) < 4.78 is 5.17. The molecule has 1 unspecified atom stereocenters. The van der Waals surface area contributed by atoms with E-state index in [1.807, 2.05) is 54.6 Å². The third kappa shape index (κ3) is 3.88. The lowest BCUT2D eigenvalue weighted by molar-refractivity contribution is -0.118. The Morgan fingerprint density at radius 1 is 1.13 bits per heavy atom. The molecule has 0 fully saturated rings. The van der Waals surface area contributed by atoms with Crippen LogP contribution in [0, 0.1) is 0 Å². The van der Waals surface area contributed by atoms with E-state index in [2.05, 4.69) is 10.6 Å². The van der Waals surface area contributed by atoms with Gasteiger partial charge in [-0.15, -0.1) is 0 Å². The van der Waals surface area contributed by atoms with Crippen molar-refractivity contribution in [3.8, 4) is 0 Å². The highest BCUT2D eigenvalue weighted by molar-refractivity contribution is 5.97. The zero-order chi connectivity index (χ0) is 16.1. The minimum atomic E-state index is -0.592. The highest BCUT2D eigenvalue weighted by atomic mass is 16.5. The number of hydrogen-bond donors (Lipinski definition) is 2. The molecule has 23 heavy (non-hydrogen) atoms. The summed E-state index contributed by atoms with van der Waals surface area (Å²) in [6, 6.07) is 16.5. The first-order valence-electron chi connectivity index (χ1n) is 7.58. The van der Waals surface area contributed by atoms with Crippen LogP contribution in [0.3, 0.4) is 0 Å². The monoisotopic (exact) mass is 310 g/mol. The van der Waals surface area contributed by atoms with Gasteiger partial charge in [0.15, 0.2) is 0 Å². The van der Waals surface area contributed by atoms with Crippen molar-refractivity contribution in [2.75, 3.05) is 5.32 Å². The average Bonchev–Trinajstić information content (AvgIpc) is 2.73. The molecule has 1 atom stereocenters. The lowest BCUT2D eigenvalue weighted by atomic mass is 10.1. The van der Waals surface area contributed by atoms with Gasteiger partial charge >= 0.3 is 6.09 Å². The summed E-state index contributed by atoms with van der Waals surface area (Å²) in [7, 11) is 0. The Kier molecular flexibility index (Phi) is 4.57. The standard InChI is InChI=1S/C18H18N2O3/c21-17-16(11-10-14-8-4-5-9-15(14)19-17)20-18(22)23-12-13-6-2-1-3-7-13/h1-9,16H,10-12H2,(H,19,21)(H,20,22). The van der Waals surface area contributed by atoms with Gasteiger partial charge in [-0.05, 0) is 30.0 Å². The van der Waals surface area contributed by atoms with Crippen LogP contribution >= 0.6 is 0 Å². The van der Waals surface area contributed by atoms with Gasteiger partial charge < -0.3 is 15.4 Å². The molecule has 5 nitrogen and oxygen atoms in total. The number of nitrogens with one attached hydrogen (secondary N) is 2. The van der Waals surface area contributed by atoms with E-state index in [1.54, 1.807) is 0 Å². The number of ether oxygens (including phenoxy) is 1. The Balaban J connectivity index is 1.56. The van der Waals surface area contributed by atoms with Gasteiger partial charge in [-0.3, -0.25) is 4.79 Å². The largest absolute Gasteiger partial charge is 0.445 e. The van der Waals surface area contributed by atoms with E-state index in [4.69, 9.17) is 4.74 Å². The van der Waals surface area contributed by atoms with Gasteiger partial charge in [-0.25, -0.2) is 4.79 Å². The SMILES string of the molecule is O=C(NC1CCc2ccccc2NC1=O)OCc1ccccc1. The van der Waals surface area contributed by atoms with Gasteiger partial charge in [0.05, 0.1) is 0 Å². The Labute approximate surface area is 134 Å². The molecule has 1 aliphatic rings. The number of carbonyl (C=O) groups excluding carboxylic acids is 2. The number of aryl methyl sites for hydroxylation is 1. The zero-order valence-corrected chi connectivity index (χ0v) is 12.6. The summed E-state index contributed by atoms with van der Waals surface area (Å²) in [4.78, 5) is 24.1. The molecule has 0 saturated carbocycles. The van der Waals surface area contributed by atoms with E-state index in [0.717, 1.165) is 23.2 Å². The molecule has 2 amide bonds. The molecule has 1 aliphatic heterocycles. The summed E-state index contributed by atoms with van der Waals surface area (Å²) in [6.07, 6.45) is 0.682. The number of carbonyl (C=O) groups is 2. The van der Waals surface area contributed by atoms with Gasteiger partial charge in [-0.1, -0.05) is 48.5 Å². The van der Waals surface area contributed by atoms with Crippen molar-refractivity contribution in [1.29, 1.82) is 0 Å². The van der Waals surface area contributed by atoms with E-state index in [-0.39, 0.29) is 12.5 Å². The fourth-order valence-corrected chi connectivity index (χ4v) is 2.56. The molecule has 0 spiro atoms. The number of alkyl carbamates (subject to hydrolysis) is 1. The summed E-state index contributed by atoms with van der Waals surface area (Å²) in [6.45, 7) is 0.182. The number of para-hydroxylation sites is 1. The van der Waals surface area contributed by atoms with Crippen molar-refractivity contribution >= 4 is 17.7 Å². The van der Waals surface area contributed by atoms with Crippen molar-refractivity contribution < 1.29 is 14.3 Å². The van der Waals surface area contributed by atoms with Crippen LogP contribution in [0.15, 0.2) is 54.6 Å². The molecule has 118 valence electrons. The lowest BCUT2D eigenvalue weighted by Gasteiger charge is -2.15. The molecule has 0 aliphatic carbocycles. The molecule has 5 heteroatoms. The highest BCUT2D eigenvalue weighted by Gasteiger charge is 2.25. The molecule has 2 aromatic rings. The van der Waals surface area contributed by atoms with Crippen molar-refractivity contribution in [1.82, 2.24) is 5.32 Å². The quantitative estimate of drug-likeness (QED) is 0.916. The molecule has 0 aromatic heterocycles. The fraction of sp³-hybridized carbons (Fsp3) is 0.222. The summed E-state index contributed by atoms with van der Waals surface area (Å²) >= 11 is 0. The summed E-state index contributed by atoms with van der Waals surface area (Å²) in [5, 5.41) is 5.48. The molecule has 0 radical (unpaired) electrons. The topological polar surface area (TPSA) is 67.4 Å². The number of benzene rings is 2. The summed E-state index contributed by atoms with van der Waals surface area (Å²) in [5.41, 5.74) is 2.78. The maximum atomic E-state index is 12.2. The number of rotatable bonds is 3. The summed E-state index contributed by atoms with van der Waals surface area (Å²) in [5.74, 6) is -0.216. The van der Waals surface area contributed by atoms with E-state index < -0.39 is 12.1 Å². The number of anilines is 1. The van der Waals surface area contributed by atoms with Crippen molar-refractivity contribution in [2.24, 2.45) is 0 Å². The highest BCUT2D eigenvalue weighted by Crippen LogP contribution is 2.21. The second-order valence-electron chi connectivity index (χ2n) is 5.44. The molecule has 3 rings (SSSR count). The maximum absolute atomic E-state index is 12.2.